The predicted molar refractivity (Wildman–Crippen MR) is 164 cm³/mol. The van der Waals surface area contributed by atoms with Crippen LogP contribution in [0.1, 0.15) is 0 Å². The molecule has 2 aromatic heterocycles. The number of imidazole rings is 2. The first-order chi connectivity index (χ1) is 20.7. The fourth-order valence-electron chi connectivity index (χ4n) is 5.18. The van der Waals surface area contributed by atoms with Crippen LogP contribution >= 0.6 is 0 Å². The molecular weight excluding hydrogens is 528 g/mol. The third-order valence-corrected chi connectivity index (χ3v) is 7.12. The van der Waals surface area contributed by atoms with E-state index in [1.165, 1.54) is 0 Å². The summed E-state index contributed by atoms with van der Waals surface area (Å²) in [5, 5.41) is 0. The Morgan fingerprint density at radius 3 is 1.60 bits per heavy atom. The molecule has 0 aliphatic rings. The summed E-state index contributed by atoms with van der Waals surface area (Å²) in [5.74, 6) is 4.00. The first kappa shape index (κ1) is 26.7. The third-order valence-electron chi connectivity index (χ3n) is 7.12. The van der Waals surface area contributed by atoms with Crippen molar-refractivity contribution < 1.29 is 18.9 Å². The van der Waals surface area contributed by atoms with Gasteiger partial charge in [0.05, 0.1) is 51.6 Å². The van der Waals surface area contributed by atoms with Crippen LogP contribution in [0.3, 0.4) is 0 Å². The molecule has 0 bridgehead atoms. The van der Waals surface area contributed by atoms with Crippen molar-refractivity contribution in [3.63, 3.8) is 0 Å². The molecule has 6 rings (SSSR count). The van der Waals surface area contributed by atoms with Gasteiger partial charge in [-0.25, -0.2) is 9.97 Å². The molecule has 0 unspecified atom stereocenters. The molecule has 8 nitrogen and oxygen atoms in total. The van der Waals surface area contributed by atoms with Gasteiger partial charge in [0.25, 0.3) is 0 Å². The molecule has 0 radical (unpaired) electrons. The van der Waals surface area contributed by atoms with E-state index < -0.39 is 0 Å². The van der Waals surface area contributed by atoms with Gasteiger partial charge in [-0.1, -0.05) is 48.5 Å². The number of nitrogens with zero attached hydrogens (tertiary/aromatic N) is 3. The Morgan fingerprint density at radius 1 is 0.548 bits per heavy atom. The van der Waals surface area contributed by atoms with Crippen LogP contribution in [0.5, 0.6) is 23.0 Å². The Balaban J connectivity index is 1.72. The SMILES string of the molecule is COc1ccccc1-c1cnc(-n2c(-c3ccccc3OC)nc(-c3ccccc3OC)c2-c2ccccc2OC)[nH]1. The normalized spacial score (nSPS) is 10.9. The Labute approximate surface area is 244 Å². The van der Waals surface area contributed by atoms with Gasteiger partial charge in [0.15, 0.2) is 5.82 Å². The molecule has 4 aromatic carbocycles. The summed E-state index contributed by atoms with van der Waals surface area (Å²) in [6.07, 6.45) is 1.80. The largest absolute Gasteiger partial charge is 0.496 e. The number of aromatic amines is 1. The monoisotopic (exact) mass is 558 g/mol. The Bertz CT molecular complexity index is 1860. The summed E-state index contributed by atoms with van der Waals surface area (Å²) in [6.45, 7) is 0. The van der Waals surface area contributed by atoms with Crippen molar-refractivity contribution >= 4 is 0 Å². The van der Waals surface area contributed by atoms with Crippen LogP contribution in [-0.4, -0.2) is 48.0 Å². The van der Waals surface area contributed by atoms with Crippen molar-refractivity contribution in [2.24, 2.45) is 0 Å². The zero-order valence-electron chi connectivity index (χ0n) is 23.8. The van der Waals surface area contributed by atoms with Gasteiger partial charge in [-0.2, -0.15) is 0 Å². The van der Waals surface area contributed by atoms with E-state index in [4.69, 9.17) is 28.9 Å². The van der Waals surface area contributed by atoms with Gasteiger partial charge < -0.3 is 23.9 Å². The van der Waals surface area contributed by atoms with Crippen LogP contribution in [0.15, 0.2) is 103 Å². The average Bonchev–Trinajstić information content (AvgIpc) is 3.70. The number of aromatic nitrogens is 4. The molecule has 0 atom stereocenters. The molecular formula is C34H30N4O4. The summed E-state index contributed by atoms with van der Waals surface area (Å²) in [4.78, 5) is 13.7. The summed E-state index contributed by atoms with van der Waals surface area (Å²) in [6, 6.07) is 31.3. The Hall–Kier alpha value is -5.50. The number of nitrogens with one attached hydrogen (secondary N) is 1. The van der Waals surface area contributed by atoms with Crippen LogP contribution in [0.25, 0.3) is 51.1 Å². The lowest BCUT2D eigenvalue weighted by atomic mass is 10.0. The number of methoxy groups -OCH3 is 4. The molecule has 2 heterocycles. The summed E-state index contributed by atoms with van der Waals surface area (Å²) in [7, 11) is 6.63. The number of para-hydroxylation sites is 4. The molecule has 0 saturated carbocycles. The van der Waals surface area contributed by atoms with E-state index in [2.05, 4.69) is 4.98 Å². The molecule has 6 aromatic rings. The highest BCUT2D eigenvalue weighted by Gasteiger charge is 2.28. The lowest BCUT2D eigenvalue weighted by molar-refractivity contribution is 0.415. The zero-order valence-corrected chi connectivity index (χ0v) is 23.8. The fraction of sp³-hybridized carbons (Fsp3) is 0.118. The first-order valence-electron chi connectivity index (χ1n) is 13.4. The maximum absolute atomic E-state index is 5.86. The van der Waals surface area contributed by atoms with Gasteiger partial charge in [-0.15, -0.1) is 0 Å². The minimum absolute atomic E-state index is 0.561. The Morgan fingerprint density at radius 2 is 1.00 bits per heavy atom. The molecule has 210 valence electrons. The van der Waals surface area contributed by atoms with Crippen molar-refractivity contribution in [3.05, 3.63) is 103 Å². The van der Waals surface area contributed by atoms with E-state index in [1.54, 1.807) is 34.6 Å². The van der Waals surface area contributed by atoms with Gasteiger partial charge in [-0.05, 0) is 48.5 Å². The summed E-state index contributed by atoms with van der Waals surface area (Å²) < 4.78 is 25.1. The van der Waals surface area contributed by atoms with Gasteiger partial charge in [0.1, 0.15) is 28.7 Å². The van der Waals surface area contributed by atoms with Crippen molar-refractivity contribution in [2.75, 3.05) is 28.4 Å². The second-order valence-corrected chi connectivity index (χ2v) is 9.39. The highest BCUT2D eigenvalue weighted by atomic mass is 16.5. The van der Waals surface area contributed by atoms with Crippen molar-refractivity contribution in [2.45, 2.75) is 0 Å². The second-order valence-electron chi connectivity index (χ2n) is 9.39. The molecule has 0 saturated heterocycles. The molecule has 1 N–H and O–H groups in total. The lowest BCUT2D eigenvalue weighted by Crippen LogP contribution is -2.04. The predicted octanol–water partition coefficient (Wildman–Crippen LogP) is 7.30. The second kappa shape index (κ2) is 11.5. The lowest BCUT2D eigenvalue weighted by Gasteiger charge is -2.15. The number of H-pyrrole nitrogens is 1. The van der Waals surface area contributed by atoms with Gasteiger partial charge >= 0.3 is 0 Å². The topological polar surface area (TPSA) is 83.4 Å². The molecule has 0 aliphatic carbocycles. The van der Waals surface area contributed by atoms with Gasteiger partial charge in [0.2, 0.25) is 5.95 Å². The van der Waals surface area contributed by atoms with Gasteiger partial charge in [0, 0.05) is 16.7 Å². The average molecular weight is 559 g/mol. The molecule has 0 spiro atoms. The number of hydrogen-bond donors (Lipinski definition) is 1. The van der Waals surface area contributed by atoms with Crippen LogP contribution in [0.4, 0.5) is 0 Å². The number of hydrogen-bond acceptors (Lipinski definition) is 6. The maximum Gasteiger partial charge on any atom is 0.213 e. The zero-order chi connectivity index (χ0) is 29.1. The molecule has 42 heavy (non-hydrogen) atoms. The van der Waals surface area contributed by atoms with E-state index in [9.17, 15) is 0 Å². The third kappa shape index (κ3) is 4.62. The van der Waals surface area contributed by atoms with E-state index in [1.807, 2.05) is 102 Å². The van der Waals surface area contributed by atoms with Crippen molar-refractivity contribution in [1.29, 1.82) is 0 Å². The van der Waals surface area contributed by atoms with Crippen LogP contribution < -0.4 is 18.9 Å². The highest BCUT2D eigenvalue weighted by molar-refractivity contribution is 5.88. The van der Waals surface area contributed by atoms with Crippen LogP contribution in [-0.2, 0) is 0 Å². The number of benzene rings is 4. The smallest absolute Gasteiger partial charge is 0.213 e. The van der Waals surface area contributed by atoms with E-state index in [0.29, 0.717) is 34.7 Å². The van der Waals surface area contributed by atoms with Crippen molar-refractivity contribution in [3.8, 4) is 74.1 Å². The number of ether oxygens (including phenoxy) is 4. The molecule has 8 heteroatoms. The quantitative estimate of drug-likeness (QED) is 0.201. The minimum atomic E-state index is 0.561. The standard InChI is InChI=1S/C34H30N4O4/c1-39-27-17-9-5-13-22(27)26-21-35-34(36-26)38-32(24-15-7-11-19-29(24)41-3)31(23-14-6-10-18-28(23)40-2)37-33(38)25-16-8-12-20-30(25)42-4/h5-21H,1-4H3,(H,35,36). The van der Waals surface area contributed by atoms with Crippen molar-refractivity contribution in [1.82, 2.24) is 19.5 Å². The maximum atomic E-state index is 5.86. The summed E-state index contributed by atoms with van der Waals surface area (Å²) in [5.41, 5.74) is 5.63. The van der Waals surface area contributed by atoms with E-state index in [0.717, 1.165) is 39.4 Å². The first-order valence-corrected chi connectivity index (χ1v) is 13.4. The number of rotatable bonds is 9. The molecule has 0 amide bonds. The van der Waals surface area contributed by atoms with E-state index >= 15 is 0 Å². The summed E-state index contributed by atoms with van der Waals surface area (Å²) >= 11 is 0. The van der Waals surface area contributed by atoms with E-state index in [-0.39, 0.29) is 0 Å². The minimum Gasteiger partial charge on any atom is -0.496 e. The highest BCUT2D eigenvalue weighted by Crippen LogP contribution is 2.45. The molecule has 0 aliphatic heterocycles. The molecule has 0 fully saturated rings. The Kier molecular flexibility index (Phi) is 7.34. The van der Waals surface area contributed by atoms with Crippen LogP contribution in [0, 0.1) is 0 Å². The van der Waals surface area contributed by atoms with Crippen LogP contribution in [0.2, 0.25) is 0 Å². The fourth-order valence-corrected chi connectivity index (χ4v) is 5.18. The van der Waals surface area contributed by atoms with Gasteiger partial charge in [-0.3, -0.25) is 4.57 Å².